The number of hydrogen-bond acceptors (Lipinski definition) is 3. The summed E-state index contributed by atoms with van der Waals surface area (Å²) < 4.78 is 43.4. The number of nitrogens with one attached hydrogen (secondary N) is 1. The lowest BCUT2D eigenvalue weighted by Gasteiger charge is -2.07. The first-order valence-electron chi connectivity index (χ1n) is 8.97. The molecule has 4 aromatic rings. The topological polar surface area (TPSA) is 64.0 Å². The fourth-order valence-corrected chi connectivity index (χ4v) is 4.09. The molecule has 29 heavy (non-hydrogen) atoms. The highest BCUT2D eigenvalue weighted by atomic mass is 32.2. The molecule has 3 aromatic carbocycles. The molecule has 0 saturated heterocycles. The monoisotopic (exact) mass is 407 g/mol. The van der Waals surface area contributed by atoms with Crippen molar-refractivity contribution in [2.75, 3.05) is 0 Å². The predicted octanol–water partition coefficient (Wildman–Crippen LogP) is 4.16. The van der Waals surface area contributed by atoms with Crippen LogP contribution < -0.4 is 4.72 Å². The molecule has 0 atom stereocenters. The second-order valence-corrected chi connectivity index (χ2v) is 8.17. The van der Waals surface area contributed by atoms with Crippen molar-refractivity contribution in [2.45, 2.75) is 11.4 Å². The molecular weight excluding hydrogens is 389 g/mol. The summed E-state index contributed by atoms with van der Waals surface area (Å²) in [6.07, 6.45) is 1.50. The summed E-state index contributed by atoms with van der Waals surface area (Å²) in [5.74, 6) is -0.368. The molecule has 4 rings (SSSR count). The molecule has 0 bridgehead atoms. The molecule has 0 aliphatic heterocycles. The molecule has 1 heterocycles. The summed E-state index contributed by atoms with van der Waals surface area (Å²) in [7, 11) is -3.86. The van der Waals surface area contributed by atoms with Crippen molar-refractivity contribution in [1.82, 2.24) is 14.5 Å². The highest BCUT2D eigenvalue weighted by Gasteiger charge is 2.24. The minimum Gasteiger partial charge on any atom is -0.239 e. The Bertz CT molecular complexity index is 1210. The van der Waals surface area contributed by atoms with Gasteiger partial charge in [0.15, 0.2) is 0 Å². The van der Waals surface area contributed by atoms with Crippen LogP contribution in [-0.2, 0) is 16.6 Å². The Hall–Kier alpha value is -3.29. The van der Waals surface area contributed by atoms with Crippen molar-refractivity contribution < 1.29 is 12.8 Å². The maximum Gasteiger partial charge on any atom is 0.244 e. The van der Waals surface area contributed by atoms with Gasteiger partial charge >= 0.3 is 0 Å². The van der Waals surface area contributed by atoms with E-state index in [4.69, 9.17) is 0 Å². The Kier molecular flexibility index (Phi) is 5.24. The van der Waals surface area contributed by atoms with E-state index in [1.54, 1.807) is 16.8 Å². The van der Waals surface area contributed by atoms with Gasteiger partial charge in [-0.25, -0.2) is 22.2 Å². The zero-order chi connectivity index (χ0) is 20.3. The highest BCUT2D eigenvalue weighted by Crippen LogP contribution is 2.27. The second kappa shape index (κ2) is 7.98. The molecule has 7 heteroatoms. The van der Waals surface area contributed by atoms with Gasteiger partial charge in [0.05, 0.1) is 11.9 Å². The SMILES string of the molecule is O=S(=O)(NCc1ccc(F)cc1)c1cn(-c2ccccc2)nc1-c1ccccc1. The number of halogens is 1. The van der Waals surface area contributed by atoms with Gasteiger partial charge in [-0.3, -0.25) is 0 Å². The van der Waals surface area contributed by atoms with Crippen molar-refractivity contribution in [3.63, 3.8) is 0 Å². The zero-order valence-corrected chi connectivity index (χ0v) is 16.2. The van der Waals surface area contributed by atoms with Crippen LogP contribution in [0.5, 0.6) is 0 Å². The van der Waals surface area contributed by atoms with Gasteiger partial charge in [-0.2, -0.15) is 5.10 Å². The maximum absolute atomic E-state index is 13.1. The van der Waals surface area contributed by atoms with Gasteiger partial charge < -0.3 is 0 Å². The number of aromatic nitrogens is 2. The standard InChI is InChI=1S/C22H18FN3O2S/c23-19-13-11-17(12-14-19)15-24-29(27,28)21-16-26(20-9-5-2-6-10-20)25-22(21)18-7-3-1-4-8-18/h1-14,16,24H,15H2. The first kappa shape index (κ1) is 19.0. The number of sulfonamides is 1. The average Bonchev–Trinajstić information content (AvgIpc) is 3.21. The molecule has 0 fully saturated rings. The summed E-state index contributed by atoms with van der Waals surface area (Å²) in [4.78, 5) is 0.0784. The first-order chi connectivity index (χ1) is 14.0. The average molecular weight is 407 g/mol. The smallest absolute Gasteiger partial charge is 0.239 e. The van der Waals surface area contributed by atoms with Crippen molar-refractivity contribution in [1.29, 1.82) is 0 Å². The Labute approximate surface area is 168 Å². The summed E-state index contributed by atoms with van der Waals surface area (Å²) in [6, 6.07) is 24.2. The third kappa shape index (κ3) is 4.26. The van der Waals surface area contributed by atoms with Gasteiger partial charge in [0.25, 0.3) is 0 Å². The van der Waals surface area contributed by atoms with Crippen molar-refractivity contribution >= 4 is 10.0 Å². The van der Waals surface area contributed by atoms with Crippen LogP contribution in [0.4, 0.5) is 4.39 Å². The summed E-state index contributed by atoms with van der Waals surface area (Å²) in [5.41, 5.74) is 2.47. The molecular formula is C22H18FN3O2S. The quantitative estimate of drug-likeness (QED) is 0.522. The van der Waals surface area contributed by atoms with Crippen LogP contribution in [-0.4, -0.2) is 18.2 Å². The summed E-state index contributed by atoms with van der Waals surface area (Å²) in [5, 5.41) is 4.53. The summed E-state index contributed by atoms with van der Waals surface area (Å²) in [6.45, 7) is 0.0490. The number of rotatable bonds is 6. The van der Waals surface area contributed by atoms with E-state index >= 15 is 0 Å². The van der Waals surface area contributed by atoms with Crippen LogP contribution in [0, 0.1) is 5.82 Å². The van der Waals surface area contributed by atoms with Crippen LogP contribution in [0.15, 0.2) is 96.0 Å². The molecule has 0 unspecified atom stereocenters. The van der Waals surface area contributed by atoms with E-state index in [1.165, 1.54) is 18.3 Å². The predicted molar refractivity (Wildman–Crippen MR) is 109 cm³/mol. The molecule has 0 aliphatic rings. The molecule has 1 aromatic heterocycles. The van der Waals surface area contributed by atoms with Gasteiger partial charge in [-0.1, -0.05) is 60.7 Å². The number of para-hydroxylation sites is 1. The molecule has 146 valence electrons. The lowest BCUT2D eigenvalue weighted by atomic mass is 10.2. The van der Waals surface area contributed by atoms with E-state index in [2.05, 4.69) is 9.82 Å². The van der Waals surface area contributed by atoms with Crippen molar-refractivity contribution in [3.05, 3.63) is 103 Å². The largest absolute Gasteiger partial charge is 0.244 e. The van der Waals surface area contributed by atoms with E-state index in [1.807, 2.05) is 60.7 Å². The van der Waals surface area contributed by atoms with Gasteiger partial charge in [0, 0.05) is 12.1 Å². The van der Waals surface area contributed by atoms with E-state index < -0.39 is 10.0 Å². The summed E-state index contributed by atoms with van der Waals surface area (Å²) >= 11 is 0. The lowest BCUT2D eigenvalue weighted by molar-refractivity contribution is 0.581. The minimum absolute atomic E-state index is 0.0490. The number of nitrogens with zero attached hydrogens (tertiary/aromatic N) is 2. The number of benzene rings is 3. The van der Waals surface area contributed by atoms with Crippen molar-refractivity contribution in [3.8, 4) is 16.9 Å². The van der Waals surface area contributed by atoms with Crippen LogP contribution >= 0.6 is 0 Å². The lowest BCUT2D eigenvalue weighted by Crippen LogP contribution is -2.23. The van der Waals surface area contributed by atoms with Crippen LogP contribution in [0.2, 0.25) is 0 Å². The van der Waals surface area contributed by atoms with Gasteiger partial charge in [-0.05, 0) is 29.8 Å². The van der Waals surface area contributed by atoms with Crippen LogP contribution in [0.25, 0.3) is 16.9 Å². The third-order valence-electron chi connectivity index (χ3n) is 4.42. The third-order valence-corrected chi connectivity index (χ3v) is 5.82. The molecule has 1 N–H and O–H groups in total. The normalized spacial score (nSPS) is 11.5. The van der Waals surface area contributed by atoms with Crippen LogP contribution in [0.1, 0.15) is 5.56 Å². The fraction of sp³-hybridized carbons (Fsp3) is 0.0455. The molecule has 0 aliphatic carbocycles. The second-order valence-electron chi connectivity index (χ2n) is 6.44. The minimum atomic E-state index is -3.86. The molecule has 0 radical (unpaired) electrons. The highest BCUT2D eigenvalue weighted by molar-refractivity contribution is 7.89. The first-order valence-corrected chi connectivity index (χ1v) is 10.5. The van der Waals surface area contributed by atoms with E-state index in [9.17, 15) is 12.8 Å². The van der Waals surface area contributed by atoms with E-state index in [-0.39, 0.29) is 17.3 Å². The Balaban J connectivity index is 1.72. The molecule has 0 amide bonds. The fourth-order valence-electron chi connectivity index (χ4n) is 2.92. The Morgan fingerprint density at radius 1 is 0.862 bits per heavy atom. The zero-order valence-electron chi connectivity index (χ0n) is 15.4. The number of hydrogen-bond donors (Lipinski definition) is 1. The Morgan fingerprint density at radius 2 is 1.48 bits per heavy atom. The van der Waals surface area contributed by atoms with E-state index in [0.29, 0.717) is 16.8 Å². The van der Waals surface area contributed by atoms with Crippen LogP contribution in [0.3, 0.4) is 0 Å². The molecule has 5 nitrogen and oxygen atoms in total. The van der Waals surface area contributed by atoms with Gasteiger partial charge in [0.1, 0.15) is 16.4 Å². The van der Waals surface area contributed by atoms with Gasteiger partial charge in [-0.15, -0.1) is 0 Å². The van der Waals surface area contributed by atoms with E-state index in [0.717, 1.165) is 5.69 Å². The maximum atomic E-state index is 13.1. The molecule has 0 saturated carbocycles. The van der Waals surface area contributed by atoms with Gasteiger partial charge in [0.2, 0.25) is 10.0 Å². The van der Waals surface area contributed by atoms with Crippen molar-refractivity contribution in [2.24, 2.45) is 0 Å². The Morgan fingerprint density at radius 3 is 2.14 bits per heavy atom. The molecule has 0 spiro atoms.